The van der Waals surface area contributed by atoms with E-state index in [0.717, 1.165) is 6.42 Å². The van der Waals surface area contributed by atoms with Crippen molar-refractivity contribution in [1.82, 2.24) is 9.80 Å². The normalized spacial score (nSPS) is 16.8. The highest BCUT2D eigenvalue weighted by atomic mass is 35.5. The number of ether oxygens (including phenoxy) is 2. The Labute approximate surface area is 179 Å². The van der Waals surface area contributed by atoms with Crippen LogP contribution in [0.1, 0.15) is 22.7 Å². The molecule has 30 heavy (non-hydrogen) atoms. The number of furan rings is 1. The van der Waals surface area contributed by atoms with Gasteiger partial charge in [0.2, 0.25) is 5.91 Å². The van der Waals surface area contributed by atoms with Gasteiger partial charge < -0.3 is 24.1 Å². The van der Waals surface area contributed by atoms with Gasteiger partial charge >= 0.3 is 0 Å². The second-order valence-electron chi connectivity index (χ2n) is 7.36. The molecule has 1 saturated heterocycles. The smallest absolute Gasteiger partial charge is 0.289 e. The highest BCUT2D eigenvalue weighted by molar-refractivity contribution is 6.34. The summed E-state index contributed by atoms with van der Waals surface area (Å²) in [5.41, 5.74) is 0.493. The fourth-order valence-electron chi connectivity index (χ4n) is 3.49. The van der Waals surface area contributed by atoms with Gasteiger partial charge in [0, 0.05) is 44.7 Å². The lowest BCUT2D eigenvalue weighted by Gasteiger charge is -2.33. The molecular weight excluding hydrogens is 410 g/mol. The Bertz CT molecular complexity index is 937. The standard InChI is InChI=1S/C21H24ClN3O5/c1-14-3-4-17(30-14)21(27)25-7-5-24(6-8-25)13-20(26)23-16-12-19-18(11-15(16)22)28-9-2-10-29-19/h3-4,11-12H,2,5-10,13H2,1H3,(H,23,26). The van der Waals surface area contributed by atoms with Crippen LogP contribution in [0.2, 0.25) is 5.02 Å². The molecule has 4 rings (SSSR count). The summed E-state index contributed by atoms with van der Waals surface area (Å²) < 4.78 is 16.7. The van der Waals surface area contributed by atoms with Crippen LogP contribution in [-0.2, 0) is 4.79 Å². The predicted octanol–water partition coefficient (Wildman–Crippen LogP) is 2.80. The molecule has 0 saturated carbocycles. The van der Waals surface area contributed by atoms with E-state index in [4.69, 9.17) is 25.5 Å². The van der Waals surface area contributed by atoms with Crippen LogP contribution in [0, 0.1) is 6.92 Å². The van der Waals surface area contributed by atoms with Gasteiger partial charge in [0.15, 0.2) is 17.3 Å². The number of hydrogen-bond donors (Lipinski definition) is 1. The molecule has 2 aliphatic rings. The Balaban J connectivity index is 1.30. The number of piperazine rings is 1. The Hall–Kier alpha value is -2.71. The summed E-state index contributed by atoms with van der Waals surface area (Å²) in [6.07, 6.45) is 0.794. The minimum Gasteiger partial charge on any atom is -0.490 e. The fraction of sp³-hybridized carbons (Fsp3) is 0.429. The van der Waals surface area contributed by atoms with Crippen LogP contribution < -0.4 is 14.8 Å². The molecule has 0 spiro atoms. The number of aryl methyl sites for hydroxylation is 1. The lowest BCUT2D eigenvalue weighted by atomic mass is 10.2. The molecule has 2 aliphatic heterocycles. The van der Waals surface area contributed by atoms with E-state index in [2.05, 4.69) is 5.32 Å². The third-order valence-corrected chi connectivity index (χ3v) is 5.40. The summed E-state index contributed by atoms with van der Waals surface area (Å²) in [4.78, 5) is 28.7. The molecule has 1 aromatic heterocycles. The monoisotopic (exact) mass is 433 g/mol. The zero-order valence-electron chi connectivity index (χ0n) is 16.8. The van der Waals surface area contributed by atoms with Gasteiger partial charge in [-0.15, -0.1) is 0 Å². The molecule has 9 heteroatoms. The molecule has 0 bridgehead atoms. The van der Waals surface area contributed by atoms with E-state index in [9.17, 15) is 9.59 Å². The molecule has 0 aliphatic carbocycles. The molecule has 160 valence electrons. The number of fused-ring (bicyclic) bond motifs is 1. The largest absolute Gasteiger partial charge is 0.490 e. The molecule has 8 nitrogen and oxygen atoms in total. The molecule has 2 amide bonds. The van der Waals surface area contributed by atoms with E-state index in [1.807, 2.05) is 11.8 Å². The van der Waals surface area contributed by atoms with Crippen LogP contribution in [0.15, 0.2) is 28.7 Å². The van der Waals surface area contributed by atoms with Gasteiger partial charge in [-0.3, -0.25) is 14.5 Å². The maximum absolute atomic E-state index is 12.5. The quantitative estimate of drug-likeness (QED) is 0.798. The van der Waals surface area contributed by atoms with E-state index in [1.54, 1.807) is 29.2 Å². The predicted molar refractivity (Wildman–Crippen MR) is 111 cm³/mol. The van der Waals surface area contributed by atoms with Gasteiger partial charge in [0.1, 0.15) is 5.76 Å². The number of nitrogens with zero attached hydrogens (tertiary/aromatic N) is 2. The van der Waals surface area contributed by atoms with Crippen LogP contribution in [0.4, 0.5) is 5.69 Å². The summed E-state index contributed by atoms with van der Waals surface area (Å²) in [5, 5.41) is 3.25. The summed E-state index contributed by atoms with van der Waals surface area (Å²) in [7, 11) is 0. The second kappa shape index (κ2) is 8.97. The highest BCUT2D eigenvalue weighted by Crippen LogP contribution is 2.37. The van der Waals surface area contributed by atoms with Crippen molar-refractivity contribution >= 4 is 29.1 Å². The number of carbonyl (C=O) groups is 2. The van der Waals surface area contributed by atoms with Gasteiger partial charge in [0.25, 0.3) is 5.91 Å². The first-order valence-electron chi connectivity index (χ1n) is 9.96. The SMILES string of the molecule is Cc1ccc(C(=O)N2CCN(CC(=O)Nc3cc4c(cc3Cl)OCCCO4)CC2)o1. The average molecular weight is 434 g/mol. The van der Waals surface area contributed by atoms with Gasteiger partial charge in [-0.25, -0.2) is 0 Å². The fourth-order valence-corrected chi connectivity index (χ4v) is 3.69. The first-order chi connectivity index (χ1) is 14.5. The number of hydrogen-bond acceptors (Lipinski definition) is 6. The summed E-state index contributed by atoms with van der Waals surface area (Å²) in [6.45, 7) is 5.44. The van der Waals surface area contributed by atoms with E-state index in [1.165, 1.54) is 0 Å². The van der Waals surface area contributed by atoms with Crippen molar-refractivity contribution < 1.29 is 23.5 Å². The first-order valence-corrected chi connectivity index (χ1v) is 10.3. The Morgan fingerprint density at radius 1 is 1.07 bits per heavy atom. The van der Waals surface area contributed by atoms with Crippen LogP contribution in [0.25, 0.3) is 0 Å². The third-order valence-electron chi connectivity index (χ3n) is 5.09. The van der Waals surface area contributed by atoms with Crippen molar-refractivity contribution in [3.05, 3.63) is 40.8 Å². The molecule has 1 fully saturated rings. The highest BCUT2D eigenvalue weighted by Gasteiger charge is 2.25. The van der Waals surface area contributed by atoms with E-state index < -0.39 is 0 Å². The first kappa shape index (κ1) is 20.6. The minimum atomic E-state index is -0.173. The third kappa shape index (κ3) is 4.71. The molecule has 3 heterocycles. The molecule has 2 aromatic rings. The van der Waals surface area contributed by atoms with Crippen molar-refractivity contribution in [2.24, 2.45) is 0 Å². The van der Waals surface area contributed by atoms with Crippen molar-refractivity contribution in [3.63, 3.8) is 0 Å². The number of carbonyl (C=O) groups excluding carboxylic acids is 2. The molecule has 0 radical (unpaired) electrons. The lowest BCUT2D eigenvalue weighted by molar-refractivity contribution is -0.117. The van der Waals surface area contributed by atoms with E-state index >= 15 is 0 Å². The zero-order valence-corrected chi connectivity index (χ0v) is 17.5. The summed E-state index contributed by atoms with van der Waals surface area (Å²) in [6, 6.07) is 6.83. The van der Waals surface area contributed by atoms with E-state index in [-0.39, 0.29) is 18.4 Å². The number of nitrogens with one attached hydrogen (secondary N) is 1. The van der Waals surface area contributed by atoms with Gasteiger partial charge in [0.05, 0.1) is 30.5 Å². The van der Waals surface area contributed by atoms with Gasteiger partial charge in [-0.05, 0) is 19.1 Å². The molecule has 0 unspecified atom stereocenters. The van der Waals surface area contributed by atoms with Crippen LogP contribution in [0.3, 0.4) is 0 Å². The topological polar surface area (TPSA) is 84.3 Å². The molecule has 1 N–H and O–H groups in total. The average Bonchev–Trinajstić information content (AvgIpc) is 3.04. The second-order valence-corrected chi connectivity index (χ2v) is 7.76. The summed E-state index contributed by atoms with van der Waals surface area (Å²) in [5.74, 6) is 1.93. The van der Waals surface area contributed by atoms with Gasteiger partial charge in [-0.1, -0.05) is 11.6 Å². The Kier molecular flexibility index (Phi) is 6.15. The number of benzene rings is 1. The number of halogens is 1. The van der Waals surface area contributed by atoms with Crippen LogP contribution in [-0.4, -0.2) is 67.6 Å². The van der Waals surface area contributed by atoms with E-state index in [0.29, 0.717) is 73.1 Å². The van der Waals surface area contributed by atoms with Crippen LogP contribution in [0.5, 0.6) is 11.5 Å². The van der Waals surface area contributed by atoms with Crippen molar-refractivity contribution in [2.45, 2.75) is 13.3 Å². The molecular formula is C21H24ClN3O5. The maximum Gasteiger partial charge on any atom is 0.289 e. The zero-order chi connectivity index (χ0) is 21.1. The van der Waals surface area contributed by atoms with Crippen molar-refractivity contribution in [3.8, 4) is 11.5 Å². The number of rotatable bonds is 4. The number of anilines is 1. The molecule has 1 aromatic carbocycles. The van der Waals surface area contributed by atoms with Crippen molar-refractivity contribution in [1.29, 1.82) is 0 Å². The summed E-state index contributed by atoms with van der Waals surface area (Å²) >= 11 is 6.30. The lowest BCUT2D eigenvalue weighted by Crippen LogP contribution is -2.50. The Morgan fingerprint density at radius 2 is 1.77 bits per heavy atom. The van der Waals surface area contributed by atoms with Crippen molar-refractivity contribution in [2.75, 3.05) is 51.3 Å². The Morgan fingerprint density at radius 3 is 2.43 bits per heavy atom. The van der Waals surface area contributed by atoms with Crippen LogP contribution >= 0.6 is 11.6 Å². The minimum absolute atomic E-state index is 0.119. The maximum atomic E-state index is 12.5. The number of amides is 2. The molecule has 0 atom stereocenters. The van der Waals surface area contributed by atoms with Gasteiger partial charge in [-0.2, -0.15) is 0 Å².